The summed E-state index contributed by atoms with van der Waals surface area (Å²) in [4.78, 5) is 0. The Morgan fingerprint density at radius 1 is 1.78 bits per heavy atom. The summed E-state index contributed by atoms with van der Waals surface area (Å²) in [6, 6.07) is 0. The van der Waals surface area contributed by atoms with Crippen LogP contribution in [0.5, 0.6) is 0 Å². The molecule has 1 saturated carbocycles. The fraction of sp³-hybridized carbons (Fsp3) is 0.625. The van der Waals surface area contributed by atoms with E-state index < -0.39 is 0 Å². The van der Waals surface area contributed by atoms with Gasteiger partial charge in [0.05, 0.1) is 0 Å². The number of allylic oxidation sites excluding steroid dienone is 1. The standard InChI is InChI=1S/C8H13B/c1-3-7-4-6(2)8(9)5-7/h3,6-7,9H,1,4-5H2,2H3. The summed E-state index contributed by atoms with van der Waals surface area (Å²) in [5.74, 6) is 1.44. The van der Waals surface area contributed by atoms with Crippen LogP contribution in [0.3, 0.4) is 0 Å². The zero-order chi connectivity index (χ0) is 6.85. The first-order valence-corrected chi connectivity index (χ1v) is 3.54. The second-order valence-corrected chi connectivity index (χ2v) is 2.99. The van der Waals surface area contributed by atoms with Gasteiger partial charge in [-0.25, -0.2) is 0 Å². The van der Waals surface area contributed by atoms with Crippen molar-refractivity contribution in [3.8, 4) is 0 Å². The summed E-state index contributed by atoms with van der Waals surface area (Å²) in [7, 11) is 3.99. The number of rotatable bonds is 1. The SMILES string of the molecule is B=C1CC(C=C)CC1C. The molecule has 1 rings (SSSR count). The molecule has 9 heavy (non-hydrogen) atoms. The van der Waals surface area contributed by atoms with Gasteiger partial charge in [-0.15, -0.1) is 0 Å². The first kappa shape index (κ1) is 6.79. The molecule has 1 aliphatic rings. The van der Waals surface area contributed by atoms with Crippen LogP contribution in [-0.4, -0.2) is 13.0 Å². The minimum absolute atomic E-state index is 0.715. The molecule has 48 valence electrons. The van der Waals surface area contributed by atoms with Gasteiger partial charge < -0.3 is 0 Å². The predicted molar refractivity (Wildman–Crippen MR) is 44.2 cm³/mol. The van der Waals surface area contributed by atoms with Crippen LogP contribution in [0.15, 0.2) is 12.7 Å². The van der Waals surface area contributed by atoms with Crippen molar-refractivity contribution in [3.63, 3.8) is 0 Å². The molecule has 1 fully saturated rings. The van der Waals surface area contributed by atoms with Crippen molar-refractivity contribution >= 4 is 13.0 Å². The van der Waals surface area contributed by atoms with Gasteiger partial charge in [-0.1, -0.05) is 0 Å². The Morgan fingerprint density at radius 2 is 2.44 bits per heavy atom. The summed E-state index contributed by atoms with van der Waals surface area (Å²) >= 11 is 0. The van der Waals surface area contributed by atoms with Gasteiger partial charge in [0, 0.05) is 0 Å². The van der Waals surface area contributed by atoms with Crippen LogP contribution in [-0.2, 0) is 0 Å². The van der Waals surface area contributed by atoms with Gasteiger partial charge in [0.1, 0.15) is 0 Å². The Kier molecular flexibility index (Phi) is 1.89. The van der Waals surface area contributed by atoms with E-state index in [-0.39, 0.29) is 0 Å². The summed E-state index contributed by atoms with van der Waals surface area (Å²) < 4.78 is 0. The Morgan fingerprint density at radius 3 is 2.67 bits per heavy atom. The molecule has 0 radical (unpaired) electrons. The molecule has 0 aliphatic heterocycles. The molecule has 1 heteroatoms. The van der Waals surface area contributed by atoms with Crippen molar-refractivity contribution in [1.29, 1.82) is 0 Å². The van der Waals surface area contributed by atoms with Crippen molar-refractivity contribution in [2.75, 3.05) is 0 Å². The van der Waals surface area contributed by atoms with Gasteiger partial charge in [-0.2, -0.15) is 0 Å². The average Bonchev–Trinajstić information content (AvgIpc) is 2.13. The van der Waals surface area contributed by atoms with Crippen LogP contribution in [0.25, 0.3) is 0 Å². The van der Waals surface area contributed by atoms with Crippen molar-refractivity contribution < 1.29 is 0 Å². The first-order valence-electron chi connectivity index (χ1n) is 3.54. The molecule has 0 aromatic carbocycles. The Hall–Kier alpha value is -0.325. The van der Waals surface area contributed by atoms with Crippen molar-refractivity contribution in [2.24, 2.45) is 11.8 Å². The molecule has 1 aliphatic carbocycles. The molecule has 2 unspecified atom stereocenters. The van der Waals surface area contributed by atoms with Crippen LogP contribution in [0, 0.1) is 11.8 Å². The second-order valence-electron chi connectivity index (χ2n) is 2.99. The van der Waals surface area contributed by atoms with E-state index in [1.54, 1.807) is 0 Å². The maximum atomic E-state index is 3.99. The van der Waals surface area contributed by atoms with Crippen LogP contribution in [0.4, 0.5) is 0 Å². The van der Waals surface area contributed by atoms with E-state index in [9.17, 15) is 0 Å². The summed E-state index contributed by atoms with van der Waals surface area (Å²) in [6.45, 7) is 6.01. The molecular weight excluding hydrogens is 107 g/mol. The molecule has 0 N–H and O–H groups in total. The summed E-state index contributed by atoms with van der Waals surface area (Å²) in [5.41, 5.74) is 1.40. The fourth-order valence-electron chi connectivity index (χ4n) is 1.42. The molecule has 0 heterocycles. The van der Waals surface area contributed by atoms with Gasteiger partial charge in [0.2, 0.25) is 0 Å². The van der Waals surface area contributed by atoms with Crippen molar-refractivity contribution in [1.82, 2.24) is 0 Å². The minimum atomic E-state index is 0.715. The Labute approximate surface area is 58.0 Å². The van der Waals surface area contributed by atoms with E-state index in [0.717, 1.165) is 5.92 Å². The second kappa shape index (κ2) is 2.51. The van der Waals surface area contributed by atoms with Crippen molar-refractivity contribution in [2.45, 2.75) is 19.8 Å². The van der Waals surface area contributed by atoms with Gasteiger partial charge in [0.25, 0.3) is 0 Å². The summed E-state index contributed by atoms with van der Waals surface area (Å²) in [5, 5.41) is 0. The first-order chi connectivity index (χ1) is 4.24. The van der Waals surface area contributed by atoms with Crippen LogP contribution in [0.1, 0.15) is 19.8 Å². The van der Waals surface area contributed by atoms with E-state index in [1.165, 1.54) is 18.3 Å². The molecule has 0 amide bonds. The Balaban J connectivity index is 2.53. The van der Waals surface area contributed by atoms with E-state index >= 15 is 0 Å². The monoisotopic (exact) mass is 120 g/mol. The summed E-state index contributed by atoms with van der Waals surface area (Å²) in [6.07, 6.45) is 4.49. The quantitative estimate of drug-likeness (QED) is 0.361. The van der Waals surface area contributed by atoms with Gasteiger partial charge in [-0.05, 0) is 0 Å². The number of hydrogen-bond donors (Lipinski definition) is 0. The van der Waals surface area contributed by atoms with E-state index in [0.29, 0.717) is 5.92 Å². The molecular formula is C8H13B. The zero-order valence-corrected chi connectivity index (χ0v) is 6.06. The molecule has 0 aromatic rings. The van der Waals surface area contributed by atoms with E-state index in [4.69, 9.17) is 0 Å². The van der Waals surface area contributed by atoms with Crippen LogP contribution in [0.2, 0.25) is 0 Å². The molecule has 0 saturated heterocycles. The topological polar surface area (TPSA) is 0 Å². The third-order valence-electron chi connectivity index (χ3n) is 2.21. The van der Waals surface area contributed by atoms with E-state index in [2.05, 4.69) is 27.1 Å². The van der Waals surface area contributed by atoms with Gasteiger partial charge >= 0.3 is 57.2 Å². The van der Waals surface area contributed by atoms with Gasteiger partial charge in [0.15, 0.2) is 0 Å². The Bertz CT molecular complexity index is 138. The third kappa shape index (κ3) is 1.32. The normalized spacial score (nSPS) is 34.9. The molecule has 0 aromatic heterocycles. The van der Waals surface area contributed by atoms with Crippen molar-refractivity contribution in [3.05, 3.63) is 12.7 Å². The molecule has 2 atom stereocenters. The van der Waals surface area contributed by atoms with Crippen LogP contribution < -0.4 is 0 Å². The predicted octanol–water partition coefficient (Wildman–Crippen LogP) is 1.29. The number of hydrogen-bond acceptors (Lipinski definition) is 0. The van der Waals surface area contributed by atoms with Gasteiger partial charge in [-0.3, -0.25) is 0 Å². The van der Waals surface area contributed by atoms with E-state index in [1.807, 2.05) is 0 Å². The molecule has 0 spiro atoms. The third-order valence-corrected chi connectivity index (χ3v) is 2.21. The zero-order valence-electron chi connectivity index (χ0n) is 6.06. The molecule has 0 nitrogen and oxygen atoms in total. The average molecular weight is 120 g/mol. The fourth-order valence-corrected chi connectivity index (χ4v) is 1.42. The molecule has 0 bridgehead atoms. The van der Waals surface area contributed by atoms with Crippen LogP contribution >= 0.6 is 0 Å². The maximum absolute atomic E-state index is 3.99.